The molecular weight excluding hydrogens is 128 g/mol. The molecule has 0 aromatic heterocycles. The van der Waals surface area contributed by atoms with Crippen molar-refractivity contribution in [1.29, 1.82) is 0 Å². The molecule has 1 rings (SSSR count). The average molecular weight is 140 g/mol. The number of esters is 1. The molecule has 0 bridgehead atoms. The summed E-state index contributed by atoms with van der Waals surface area (Å²) in [5.74, 6) is 0.448. The summed E-state index contributed by atoms with van der Waals surface area (Å²) in [4.78, 5) is 10.9. The molecule has 0 saturated heterocycles. The van der Waals surface area contributed by atoms with Gasteiger partial charge >= 0.3 is 5.97 Å². The summed E-state index contributed by atoms with van der Waals surface area (Å²) in [5.41, 5.74) is 0. The first-order valence-corrected chi connectivity index (χ1v) is 3.58. The second kappa shape index (κ2) is 2.86. The molecule has 1 aliphatic rings. The zero-order valence-electron chi connectivity index (χ0n) is 6.17. The van der Waals surface area contributed by atoms with Crippen LogP contribution in [0.3, 0.4) is 0 Å². The largest absolute Gasteiger partial charge is 0.466 e. The van der Waals surface area contributed by atoms with Crippen molar-refractivity contribution in [3.05, 3.63) is 12.7 Å². The predicted octanol–water partition coefficient (Wildman–Crippen LogP) is 1.37. The summed E-state index contributed by atoms with van der Waals surface area (Å²) >= 11 is 0. The van der Waals surface area contributed by atoms with Gasteiger partial charge < -0.3 is 4.74 Å². The Morgan fingerprint density at radius 3 is 3.00 bits per heavy atom. The summed E-state index contributed by atoms with van der Waals surface area (Å²) in [7, 11) is 0. The van der Waals surface area contributed by atoms with E-state index in [2.05, 4.69) is 6.58 Å². The summed E-state index contributed by atoms with van der Waals surface area (Å²) in [6.07, 6.45) is 2.75. The van der Waals surface area contributed by atoms with Crippen molar-refractivity contribution in [2.24, 2.45) is 11.8 Å². The average Bonchev–Trinajstić information content (AvgIpc) is 2.66. The number of allylic oxidation sites excluding steroid dienone is 1. The van der Waals surface area contributed by atoms with Gasteiger partial charge in [0.1, 0.15) is 0 Å². The highest BCUT2D eigenvalue weighted by atomic mass is 16.5. The number of carbonyl (C=O) groups excluding carboxylic acids is 1. The van der Waals surface area contributed by atoms with Gasteiger partial charge in [0.05, 0.1) is 12.5 Å². The molecule has 0 aliphatic heterocycles. The van der Waals surface area contributed by atoms with Crippen molar-refractivity contribution in [3.63, 3.8) is 0 Å². The van der Waals surface area contributed by atoms with E-state index in [1.807, 2.05) is 13.0 Å². The van der Waals surface area contributed by atoms with Gasteiger partial charge in [-0.3, -0.25) is 4.79 Å². The van der Waals surface area contributed by atoms with Crippen LogP contribution >= 0.6 is 0 Å². The maximum absolute atomic E-state index is 10.9. The van der Waals surface area contributed by atoms with Crippen molar-refractivity contribution < 1.29 is 9.53 Å². The number of hydrogen-bond acceptors (Lipinski definition) is 2. The van der Waals surface area contributed by atoms with Gasteiger partial charge in [-0.1, -0.05) is 6.08 Å². The van der Waals surface area contributed by atoms with E-state index in [0.29, 0.717) is 12.5 Å². The lowest BCUT2D eigenvalue weighted by Crippen LogP contribution is -2.06. The predicted molar refractivity (Wildman–Crippen MR) is 38.4 cm³/mol. The standard InChI is InChI=1S/C8H12O2/c1-3-6-5-7(6)8(9)10-4-2/h3,6-7H,1,4-5H2,2H3. The third-order valence-corrected chi connectivity index (χ3v) is 1.73. The number of carbonyl (C=O) groups is 1. The minimum atomic E-state index is -0.0626. The molecule has 1 aliphatic carbocycles. The SMILES string of the molecule is C=CC1CC1C(=O)OCC. The molecule has 0 aromatic rings. The van der Waals surface area contributed by atoms with Gasteiger partial charge in [-0.05, 0) is 19.3 Å². The molecule has 2 heteroatoms. The minimum absolute atomic E-state index is 0.0626. The summed E-state index contributed by atoms with van der Waals surface area (Å²) in [6.45, 7) is 5.92. The molecule has 2 atom stereocenters. The van der Waals surface area contributed by atoms with Crippen LogP contribution in [0.4, 0.5) is 0 Å². The van der Waals surface area contributed by atoms with Gasteiger partial charge in [-0.2, -0.15) is 0 Å². The lowest BCUT2D eigenvalue weighted by molar-refractivity contribution is -0.144. The monoisotopic (exact) mass is 140 g/mol. The van der Waals surface area contributed by atoms with Crippen LogP contribution in [0.1, 0.15) is 13.3 Å². The third-order valence-electron chi connectivity index (χ3n) is 1.73. The van der Waals surface area contributed by atoms with Crippen LogP contribution in [0.5, 0.6) is 0 Å². The zero-order chi connectivity index (χ0) is 7.56. The molecule has 0 aromatic carbocycles. The Labute approximate surface area is 60.9 Å². The molecule has 0 amide bonds. The Kier molecular flexibility index (Phi) is 2.10. The molecule has 1 fully saturated rings. The van der Waals surface area contributed by atoms with Crippen LogP contribution < -0.4 is 0 Å². The Bertz CT molecular complexity index is 151. The molecule has 0 N–H and O–H groups in total. The molecule has 0 radical (unpaired) electrons. The molecule has 2 nitrogen and oxygen atoms in total. The summed E-state index contributed by atoms with van der Waals surface area (Å²) < 4.78 is 4.81. The molecule has 1 saturated carbocycles. The fourth-order valence-electron chi connectivity index (χ4n) is 0.995. The van der Waals surface area contributed by atoms with Crippen molar-refractivity contribution in [2.75, 3.05) is 6.61 Å². The van der Waals surface area contributed by atoms with Gasteiger partial charge in [-0.15, -0.1) is 6.58 Å². The van der Waals surface area contributed by atoms with Crippen LogP contribution in [0.25, 0.3) is 0 Å². The van der Waals surface area contributed by atoms with Gasteiger partial charge in [0, 0.05) is 0 Å². The Morgan fingerprint density at radius 1 is 1.90 bits per heavy atom. The van der Waals surface area contributed by atoms with E-state index in [1.54, 1.807) is 0 Å². The highest BCUT2D eigenvalue weighted by molar-refractivity contribution is 5.76. The second-order valence-electron chi connectivity index (χ2n) is 2.49. The third kappa shape index (κ3) is 1.38. The second-order valence-corrected chi connectivity index (χ2v) is 2.49. The van der Waals surface area contributed by atoms with E-state index in [1.165, 1.54) is 0 Å². The normalized spacial score (nSPS) is 29.3. The van der Waals surface area contributed by atoms with E-state index in [0.717, 1.165) is 6.42 Å². The van der Waals surface area contributed by atoms with Gasteiger partial charge in [0.2, 0.25) is 0 Å². The molecule has 56 valence electrons. The topological polar surface area (TPSA) is 26.3 Å². The molecule has 0 spiro atoms. The molecule has 10 heavy (non-hydrogen) atoms. The first-order valence-electron chi connectivity index (χ1n) is 3.58. The summed E-state index contributed by atoms with van der Waals surface area (Å²) in [5, 5.41) is 0. The van der Waals surface area contributed by atoms with Gasteiger partial charge in [0.15, 0.2) is 0 Å². The van der Waals surface area contributed by atoms with Crippen molar-refractivity contribution in [1.82, 2.24) is 0 Å². The molecule has 2 unspecified atom stereocenters. The van der Waals surface area contributed by atoms with Crippen LogP contribution in [0.2, 0.25) is 0 Å². The van der Waals surface area contributed by atoms with Gasteiger partial charge in [-0.25, -0.2) is 0 Å². The summed E-state index contributed by atoms with van der Waals surface area (Å²) in [6, 6.07) is 0. The van der Waals surface area contributed by atoms with Crippen LogP contribution in [-0.2, 0) is 9.53 Å². The lowest BCUT2D eigenvalue weighted by Gasteiger charge is -1.97. The fourth-order valence-corrected chi connectivity index (χ4v) is 0.995. The lowest BCUT2D eigenvalue weighted by atomic mass is 10.3. The number of hydrogen-bond donors (Lipinski definition) is 0. The highest BCUT2D eigenvalue weighted by Crippen LogP contribution is 2.39. The van der Waals surface area contributed by atoms with Crippen LogP contribution in [0, 0.1) is 11.8 Å². The highest BCUT2D eigenvalue weighted by Gasteiger charge is 2.41. The smallest absolute Gasteiger partial charge is 0.309 e. The molecular formula is C8H12O2. The van der Waals surface area contributed by atoms with E-state index in [9.17, 15) is 4.79 Å². The van der Waals surface area contributed by atoms with Crippen LogP contribution in [0.15, 0.2) is 12.7 Å². The quantitative estimate of drug-likeness (QED) is 0.437. The van der Waals surface area contributed by atoms with Crippen LogP contribution in [-0.4, -0.2) is 12.6 Å². The Morgan fingerprint density at radius 2 is 2.60 bits per heavy atom. The molecule has 0 heterocycles. The van der Waals surface area contributed by atoms with E-state index >= 15 is 0 Å². The first-order chi connectivity index (χ1) is 4.79. The maximum atomic E-state index is 10.9. The van der Waals surface area contributed by atoms with Crippen molar-refractivity contribution >= 4 is 5.97 Å². The van der Waals surface area contributed by atoms with E-state index in [4.69, 9.17) is 4.74 Å². The van der Waals surface area contributed by atoms with Gasteiger partial charge in [0.25, 0.3) is 0 Å². The van der Waals surface area contributed by atoms with Crippen molar-refractivity contribution in [3.8, 4) is 0 Å². The Balaban J connectivity index is 2.25. The maximum Gasteiger partial charge on any atom is 0.309 e. The zero-order valence-corrected chi connectivity index (χ0v) is 6.17. The first kappa shape index (κ1) is 7.32. The fraction of sp³-hybridized carbons (Fsp3) is 0.625. The van der Waals surface area contributed by atoms with Crippen molar-refractivity contribution in [2.45, 2.75) is 13.3 Å². The van der Waals surface area contributed by atoms with E-state index in [-0.39, 0.29) is 11.9 Å². The van der Waals surface area contributed by atoms with E-state index < -0.39 is 0 Å². The Hall–Kier alpha value is -0.790. The number of rotatable bonds is 3. The number of ether oxygens (including phenoxy) is 1. The minimum Gasteiger partial charge on any atom is -0.466 e.